The van der Waals surface area contributed by atoms with E-state index in [0.29, 0.717) is 5.56 Å². The third kappa shape index (κ3) is 2.06. The van der Waals surface area contributed by atoms with Gasteiger partial charge < -0.3 is 5.84 Å². The van der Waals surface area contributed by atoms with Crippen LogP contribution in [-0.4, -0.2) is 6.21 Å². The highest BCUT2D eigenvalue weighted by Gasteiger charge is 1.99. The van der Waals surface area contributed by atoms with Crippen molar-refractivity contribution in [3.8, 4) is 6.07 Å². The molecule has 0 saturated heterocycles. The molecule has 66 valence electrons. The summed E-state index contributed by atoms with van der Waals surface area (Å²) >= 11 is 0. The van der Waals surface area contributed by atoms with Gasteiger partial charge in [-0.1, -0.05) is 13.0 Å². The van der Waals surface area contributed by atoms with Gasteiger partial charge in [0.15, 0.2) is 0 Å². The Balaban J connectivity index is 3.17. The van der Waals surface area contributed by atoms with Gasteiger partial charge in [0, 0.05) is 0 Å². The van der Waals surface area contributed by atoms with E-state index in [-0.39, 0.29) is 0 Å². The summed E-state index contributed by atoms with van der Waals surface area (Å²) in [7, 11) is 0. The Hall–Kier alpha value is -1.82. The number of nitrogens with two attached hydrogens (primary N) is 1. The van der Waals surface area contributed by atoms with Crippen LogP contribution in [-0.2, 0) is 6.42 Å². The van der Waals surface area contributed by atoms with E-state index in [2.05, 4.69) is 11.2 Å². The van der Waals surface area contributed by atoms with E-state index in [4.69, 9.17) is 11.1 Å². The first-order valence-electron chi connectivity index (χ1n) is 4.08. The van der Waals surface area contributed by atoms with Gasteiger partial charge in [0.2, 0.25) is 0 Å². The molecule has 3 heteroatoms. The van der Waals surface area contributed by atoms with Gasteiger partial charge in [0.05, 0.1) is 17.8 Å². The van der Waals surface area contributed by atoms with Crippen molar-refractivity contribution >= 4 is 6.21 Å². The highest BCUT2D eigenvalue weighted by molar-refractivity contribution is 5.81. The fraction of sp³-hybridized carbons (Fsp3) is 0.200. The van der Waals surface area contributed by atoms with Crippen LogP contribution in [0.1, 0.15) is 23.6 Å². The lowest BCUT2D eigenvalue weighted by Gasteiger charge is -2.01. The van der Waals surface area contributed by atoms with Crippen LogP contribution in [0.4, 0.5) is 0 Å². The van der Waals surface area contributed by atoms with E-state index in [9.17, 15) is 0 Å². The zero-order chi connectivity index (χ0) is 9.68. The highest BCUT2D eigenvalue weighted by Crippen LogP contribution is 2.10. The fourth-order valence-corrected chi connectivity index (χ4v) is 1.19. The van der Waals surface area contributed by atoms with Crippen molar-refractivity contribution in [1.29, 1.82) is 5.26 Å². The van der Waals surface area contributed by atoms with Gasteiger partial charge in [-0.05, 0) is 29.7 Å². The number of hydrazone groups is 1. The smallest absolute Gasteiger partial charge is 0.0991 e. The summed E-state index contributed by atoms with van der Waals surface area (Å²) in [5, 5.41) is 12.1. The van der Waals surface area contributed by atoms with E-state index in [1.165, 1.54) is 0 Å². The molecular weight excluding hydrogens is 162 g/mol. The van der Waals surface area contributed by atoms with Crippen molar-refractivity contribution in [3.05, 3.63) is 34.9 Å². The monoisotopic (exact) mass is 173 g/mol. The molecule has 3 nitrogen and oxygen atoms in total. The summed E-state index contributed by atoms with van der Waals surface area (Å²) in [5.41, 5.74) is 2.74. The summed E-state index contributed by atoms with van der Waals surface area (Å²) in [4.78, 5) is 0. The van der Waals surface area contributed by atoms with Gasteiger partial charge in [0.25, 0.3) is 0 Å². The summed E-state index contributed by atoms with van der Waals surface area (Å²) in [6, 6.07) is 7.57. The largest absolute Gasteiger partial charge is 0.323 e. The number of nitrogens with zero attached hydrogens (tertiary/aromatic N) is 2. The van der Waals surface area contributed by atoms with E-state index in [1.807, 2.05) is 19.1 Å². The molecule has 0 fully saturated rings. The second kappa shape index (κ2) is 4.27. The lowest BCUT2D eigenvalue weighted by atomic mass is 10.0. The first kappa shape index (κ1) is 9.27. The van der Waals surface area contributed by atoms with Crippen LogP contribution in [0, 0.1) is 11.3 Å². The summed E-state index contributed by atoms with van der Waals surface area (Å²) < 4.78 is 0. The van der Waals surface area contributed by atoms with Crippen molar-refractivity contribution in [3.63, 3.8) is 0 Å². The molecule has 0 aliphatic heterocycles. The SMILES string of the molecule is CCc1cc(C#N)ccc1C=NN. The lowest BCUT2D eigenvalue weighted by molar-refractivity contribution is 1.13. The summed E-state index contributed by atoms with van der Waals surface area (Å²) in [5.74, 6) is 5.06. The number of nitriles is 1. The Kier molecular flexibility index (Phi) is 3.04. The van der Waals surface area contributed by atoms with Crippen LogP contribution < -0.4 is 5.84 Å². The van der Waals surface area contributed by atoms with Crippen LogP contribution >= 0.6 is 0 Å². The van der Waals surface area contributed by atoms with Crippen LogP contribution in [0.5, 0.6) is 0 Å². The molecular formula is C10H11N3. The Morgan fingerprint density at radius 2 is 2.38 bits per heavy atom. The van der Waals surface area contributed by atoms with Gasteiger partial charge in [-0.2, -0.15) is 10.4 Å². The van der Waals surface area contributed by atoms with Gasteiger partial charge in [-0.25, -0.2) is 0 Å². The van der Waals surface area contributed by atoms with Crippen LogP contribution in [0.3, 0.4) is 0 Å². The maximum atomic E-state index is 8.67. The van der Waals surface area contributed by atoms with Gasteiger partial charge in [-0.15, -0.1) is 0 Å². The quantitative estimate of drug-likeness (QED) is 0.417. The molecule has 1 aromatic carbocycles. The minimum absolute atomic E-state index is 0.672. The average Bonchev–Trinajstić information content (AvgIpc) is 2.19. The number of aryl methyl sites for hydroxylation is 1. The van der Waals surface area contributed by atoms with Crippen molar-refractivity contribution in [1.82, 2.24) is 0 Å². The second-order valence-corrected chi connectivity index (χ2v) is 2.66. The number of hydrogen-bond acceptors (Lipinski definition) is 3. The molecule has 0 aromatic heterocycles. The maximum Gasteiger partial charge on any atom is 0.0991 e. The molecule has 0 heterocycles. The second-order valence-electron chi connectivity index (χ2n) is 2.66. The van der Waals surface area contributed by atoms with E-state index in [1.54, 1.807) is 12.3 Å². The normalized spacial score (nSPS) is 10.2. The molecule has 0 spiro atoms. The van der Waals surface area contributed by atoms with Crippen LogP contribution in [0.25, 0.3) is 0 Å². The Morgan fingerprint density at radius 3 is 2.92 bits per heavy atom. The maximum absolute atomic E-state index is 8.67. The average molecular weight is 173 g/mol. The minimum atomic E-state index is 0.672. The Labute approximate surface area is 77.5 Å². The molecule has 13 heavy (non-hydrogen) atoms. The van der Waals surface area contributed by atoms with Crippen molar-refractivity contribution in [2.24, 2.45) is 10.9 Å². The van der Waals surface area contributed by atoms with Crippen molar-refractivity contribution < 1.29 is 0 Å². The Bertz CT molecular complexity index is 361. The third-order valence-corrected chi connectivity index (χ3v) is 1.87. The molecule has 0 saturated carbocycles. The molecule has 0 bridgehead atoms. The van der Waals surface area contributed by atoms with Crippen LogP contribution in [0.2, 0.25) is 0 Å². The van der Waals surface area contributed by atoms with Gasteiger partial charge in [-0.3, -0.25) is 0 Å². The summed E-state index contributed by atoms with van der Waals surface area (Å²) in [6.07, 6.45) is 2.47. The predicted molar refractivity (Wildman–Crippen MR) is 52.3 cm³/mol. The highest BCUT2D eigenvalue weighted by atomic mass is 15.1. The molecule has 1 rings (SSSR count). The molecule has 0 radical (unpaired) electrons. The first-order chi connectivity index (χ1) is 6.31. The Morgan fingerprint density at radius 1 is 1.62 bits per heavy atom. The lowest BCUT2D eigenvalue weighted by Crippen LogP contribution is -1.94. The predicted octanol–water partition coefficient (Wildman–Crippen LogP) is 1.41. The van der Waals surface area contributed by atoms with Gasteiger partial charge in [0.1, 0.15) is 0 Å². The van der Waals surface area contributed by atoms with Gasteiger partial charge >= 0.3 is 0 Å². The number of benzene rings is 1. The standard InChI is InChI=1S/C10H11N3/c1-2-9-5-8(6-11)3-4-10(9)7-13-12/h3-5,7H,2,12H2,1H3. The van der Waals surface area contributed by atoms with Crippen molar-refractivity contribution in [2.45, 2.75) is 13.3 Å². The molecule has 0 atom stereocenters. The van der Waals surface area contributed by atoms with E-state index >= 15 is 0 Å². The third-order valence-electron chi connectivity index (χ3n) is 1.87. The van der Waals surface area contributed by atoms with Crippen LogP contribution in [0.15, 0.2) is 23.3 Å². The first-order valence-corrected chi connectivity index (χ1v) is 4.08. The minimum Gasteiger partial charge on any atom is -0.323 e. The van der Waals surface area contributed by atoms with E-state index in [0.717, 1.165) is 17.5 Å². The zero-order valence-corrected chi connectivity index (χ0v) is 7.49. The van der Waals surface area contributed by atoms with Crippen molar-refractivity contribution in [2.75, 3.05) is 0 Å². The molecule has 0 aliphatic rings. The molecule has 0 amide bonds. The topological polar surface area (TPSA) is 62.2 Å². The summed E-state index contributed by atoms with van der Waals surface area (Å²) in [6.45, 7) is 2.03. The molecule has 1 aromatic rings. The molecule has 0 aliphatic carbocycles. The zero-order valence-electron chi connectivity index (χ0n) is 7.49. The molecule has 2 N–H and O–H groups in total. The van der Waals surface area contributed by atoms with E-state index < -0.39 is 0 Å². The molecule has 0 unspecified atom stereocenters. The number of rotatable bonds is 2. The fourth-order valence-electron chi connectivity index (χ4n) is 1.19. The number of hydrogen-bond donors (Lipinski definition) is 1.